The molecule has 140 valence electrons. The summed E-state index contributed by atoms with van der Waals surface area (Å²) in [4.78, 5) is 16.5. The first-order chi connectivity index (χ1) is 13.5. The molecule has 0 atom stereocenters. The van der Waals surface area contributed by atoms with E-state index in [1.807, 2.05) is 50.2 Å². The van der Waals surface area contributed by atoms with E-state index in [-0.39, 0.29) is 11.7 Å². The van der Waals surface area contributed by atoms with Crippen LogP contribution in [-0.4, -0.2) is 16.0 Å². The highest BCUT2D eigenvalue weighted by atomic mass is 16.5. The van der Waals surface area contributed by atoms with E-state index in [9.17, 15) is 4.79 Å². The Hall–Kier alpha value is -3.67. The molecule has 4 rings (SSSR count). The van der Waals surface area contributed by atoms with Crippen molar-refractivity contribution in [2.75, 3.05) is 5.32 Å². The van der Waals surface area contributed by atoms with Gasteiger partial charge in [-0.25, -0.2) is 0 Å². The molecule has 0 aliphatic rings. The van der Waals surface area contributed by atoms with Gasteiger partial charge in [0.05, 0.1) is 6.26 Å². The molecular weight excluding hydrogens is 354 g/mol. The summed E-state index contributed by atoms with van der Waals surface area (Å²) in [7, 11) is 0. The molecule has 1 N–H and O–H groups in total. The number of anilines is 1. The number of nitrogens with one attached hydrogen (secondary N) is 1. The molecule has 0 saturated carbocycles. The average molecular weight is 373 g/mol. The molecule has 0 unspecified atom stereocenters. The van der Waals surface area contributed by atoms with E-state index in [1.54, 1.807) is 19.1 Å². The molecule has 4 aromatic rings. The van der Waals surface area contributed by atoms with Crippen molar-refractivity contribution < 1.29 is 13.7 Å². The maximum atomic E-state index is 12.3. The lowest BCUT2D eigenvalue weighted by Gasteiger charge is -2.13. The van der Waals surface area contributed by atoms with Crippen LogP contribution in [0.5, 0.6) is 0 Å². The average Bonchev–Trinajstić information content (AvgIpc) is 3.35. The Morgan fingerprint density at radius 2 is 1.82 bits per heavy atom. The molecule has 6 heteroatoms. The Kier molecular flexibility index (Phi) is 4.53. The molecule has 2 aromatic carbocycles. The summed E-state index contributed by atoms with van der Waals surface area (Å²) in [6.07, 6.45) is 1.48. The predicted molar refractivity (Wildman–Crippen MR) is 106 cm³/mol. The summed E-state index contributed by atoms with van der Waals surface area (Å²) >= 11 is 0. The number of aryl methyl sites for hydroxylation is 3. The van der Waals surface area contributed by atoms with Crippen LogP contribution in [0.1, 0.15) is 27.5 Å². The van der Waals surface area contributed by atoms with E-state index in [0.29, 0.717) is 17.4 Å². The number of carbonyl (C=O) groups is 1. The fraction of sp³-hybridized carbons (Fsp3) is 0.136. The third-order valence-electron chi connectivity index (χ3n) is 4.53. The van der Waals surface area contributed by atoms with Gasteiger partial charge < -0.3 is 14.3 Å². The first kappa shape index (κ1) is 17.7. The summed E-state index contributed by atoms with van der Waals surface area (Å²) in [5, 5.41) is 6.72. The fourth-order valence-electron chi connectivity index (χ4n) is 3.10. The zero-order chi connectivity index (χ0) is 19.7. The van der Waals surface area contributed by atoms with E-state index in [0.717, 1.165) is 27.8 Å². The van der Waals surface area contributed by atoms with Crippen molar-refractivity contribution in [2.24, 2.45) is 0 Å². The summed E-state index contributed by atoms with van der Waals surface area (Å²) in [6, 6.07) is 15.2. The zero-order valence-corrected chi connectivity index (χ0v) is 15.8. The summed E-state index contributed by atoms with van der Waals surface area (Å²) in [5.41, 5.74) is 5.89. The SMILES string of the molecule is Cc1noc(-c2ccc(-c3cc(NC(=O)c4ccco4)ccc3C)c(C)c2)n1. The monoisotopic (exact) mass is 373 g/mol. The van der Waals surface area contributed by atoms with Crippen molar-refractivity contribution in [3.63, 3.8) is 0 Å². The van der Waals surface area contributed by atoms with Crippen LogP contribution in [0.25, 0.3) is 22.6 Å². The van der Waals surface area contributed by atoms with Crippen molar-refractivity contribution in [1.29, 1.82) is 0 Å². The smallest absolute Gasteiger partial charge is 0.291 e. The van der Waals surface area contributed by atoms with Gasteiger partial charge in [-0.2, -0.15) is 4.98 Å². The summed E-state index contributed by atoms with van der Waals surface area (Å²) in [5.74, 6) is 1.10. The molecule has 28 heavy (non-hydrogen) atoms. The van der Waals surface area contributed by atoms with Crippen LogP contribution in [0.15, 0.2) is 63.7 Å². The third-order valence-corrected chi connectivity index (χ3v) is 4.53. The Morgan fingerprint density at radius 1 is 0.964 bits per heavy atom. The topological polar surface area (TPSA) is 81.2 Å². The molecule has 2 aromatic heterocycles. The standard InChI is InChI=1S/C22H19N3O3/c1-13-6-8-17(24-21(26)20-5-4-10-27-20)12-19(13)18-9-7-16(11-14(18)2)22-23-15(3)25-28-22/h4-12H,1-3H3,(H,24,26). The number of hydrogen-bond acceptors (Lipinski definition) is 5. The Morgan fingerprint density at radius 3 is 2.50 bits per heavy atom. The van der Waals surface area contributed by atoms with Crippen LogP contribution in [0, 0.1) is 20.8 Å². The van der Waals surface area contributed by atoms with Gasteiger partial charge in [0.2, 0.25) is 0 Å². The van der Waals surface area contributed by atoms with E-state index in [4.69, 9.17) is 8.94 Å². The molecule has 6 nitrogen and oxygen atoms in total. The predicted octanol–water partition coefficient (Wildman–Crippen LogP) is 5.17. The number of amides is 1. The first-order valence-corrected chi connectivity index (χ1v) is 8.88. The highest BCUT2D eigenvalue weighted by Gasteiger charge is 2.13. The van der Waals surface area contributed by atoms with Gasteiger partial charge in [-0.3, -0.25) is 4.79 Å². The van der Waals surface area contributed by atoms with Crippen molar-refractivity contribution in [1.82, 2.24) is 10.1 Å². The second-order valence-corrected chi connectivity index (χ2v) is 6.64. The van der Waals surface area contributed by atoms with Crippen LogP contribution in [0.4, 0.5) is 5.69 Å². The molecule has 0 fully saturated rings. The minimum Gasteiger partial charge on any atom is -0.459 e. The Balaban J connectivity index is 1.66. The van der Waals surface area contributed by atoms with Gasteiger partial charge in [0.1, 0.15) is 0 Å². The van der Waals surface area contributed by atoms with Crippen molar-refractivity contribution in [3.8, 4) is 22.6 Å². The number of nitrogens with zero attached hydrogens (tertiary/aromatic N) is 2. The normalized spacial score (nSPS) is 10.8. The largest absolute Gasteiger partial charge is 0.459 e. The summed E-state index contributed by atoms with van der Waals surface area (Å²) < 4.78 is 10.4. The molecule has 0 bridgehead atoms. The van der Waals surface area contributed by atoms with Crippen LogP contribution in [-0.2, 0) is 0 Å². The van der Waals surface area contributed by atoms with Gasteiger partial charge in [0.15, 0.2) is 11.6 Å². The second kappa shape index (κ2) is 7.15. The number of hydrogen-bond donors (Lipinski definition) is 1. The number of carbonyl (C=O) groups excluding carboxylic acids is 1. The van der Waals surface area contributed by atoms with Crippen molar-refractivity contribution in [3.05, 3.63) is 77.5 Å². The molecule has 0 saturated heterocycles. The summed E-state index contributed by atoms with van der Waals surface area (Å²) in [6.45, 7) is 5.87. The molecule has 0 aliphatic carbocycles. The zero-order valence-electron chi connectivity index (χ0n) is 15.8. The lowest BCUT2D eigenvalue weighted by molar-refractivity contribution is 0.0996. The second-order valence-electron chi connectivity index (χ2n) is 6.64. The first-order valence-electron chi connectivity index (χ1n) is 8.88. The Bertz CT molecular complexity index is 1140. The third kappa shape index (κ3) is 3.44. The van der Waals surface area contributed by atoms with E-state index in [1.165, 1.54) is 6.26 Å². The van der Waals surface area contributed by atoms with E-state index >= 15 is 0 Å². The molecule has 0 radical (unpaired) electrons. The van der Waals surface area contributed by atoms with Crippen LogP contribution < -0.4 is 5.32 Å². The lowest BCUT2D eigenvalue weighted by Crippen LogP contribution is -2.10. The molecule has 2 heterocycles. The Labute approximate surface area is 162 Å². The quantitative estimate of drug-likeness (QED) is 0.533. The molecular formula is C22H19N3O3. The van der Waals surface area contributed by atoms with Crippen molar-refractivity contribution in [2.45, 2.75) is 20.8 Å². The van der Waals surface area contributed by atoms with Crippen LogP contribution >= 0.6 is 0 Å². The van der Waals surface area contributed by atoms with Gasteiger partial charge in [-0.15, -0.1) is 0 Å². The fourth-order valence-corrected chi connectivity index (χ4v) is 3.10. The number of furan rings is 1. The minimum atomic E-state index is -0.279. The van der Waals surface area contributed by atoms with Crippen LogP contribution in [0.2, 0.25) is 0 Å². The molecule has 0 aliphatic heterocycles. The van der Waals surface area contributed by atoms with Gasteiger partial charge in [-0.05, 0) is 79.4 Å². The maximum Gasteiger partial charge on any atom is 0.291 e. The van der Waals surface area contributed by atoms with Gasteiger partial charge in [0, 0.05) is 11.3 Å². The van der Waals surface area contributed by atoms with E-state index in [2.05, 4.69) is 15.5 Å². The van der Waals surface area contributed by atoms with Crippen LogP contribution in [0.3, 0.4) is 0 Å². The molecule has 0 spiro atoms. The van der Waals surface area contributed by atoms with Gasteiger partial charge in [0.25, 0.3) is 11.8 Å². The maximum absolute atomic E-state index is 12.3. The lowest BCUT2D eigenvalue weighted by atomic mass is 9.94. The van der Waals surface area contributed by atoms with E-state index < -0.39 is 0 Å². The number of rotatable bonds is 4. The highest BCUT2D eigenvalue weighted by molar-refractivity contribution is 6.02. The minimum absolute atomic E-state index is 0.275. The highest BCUT2D eigenvalue weighted by Crippen LogP contribution is 2.32. The van der Waals surface area contributed by atoms with Crippen molar-refractivity contribution >= 4 is 11.6 Å². The number of aromatic nitrogens is 2. The van der Waals surface area contributed by atoms with Gasteiger partial charge >= 0.3 is 0 Å². The van der Waals surface area contributed by atoms with Gasteiger partial charge in [-0.1, -0.05) is 17.3 Å². The number of benzene rings is 2. The molecule has 1 amide bonds.